The normalized spacial score (nSPS) is 19.3. The molecule has 1 aliphatic carbocycles. The molecule has 0 bridgehead atoms. The van der Waals surface area contributed by atoms with Crippen LogP contribution in [0.15, 0.2) is 16.5 Å². The topological polar surface area (TPSA) is 45.4 Å². The lowest BCUT2D eigenvalue weighted by Gasteiger charge is -2.36. The molecule has 0 amide bonds. The second-order valence-electron chi connectivity index (χ2n) is 4.19. The van der Waals surface area contributed by atoms with Crippen molar-refractivity contribution in [2.45, 2.75) is 38.3 Å². The third kappa shape index (κ3) is 2.16. The SMILES string of the molecule is Cc1ccc(CNCC2(O)CCC2)o1. The first-order chi connectivity index (χ1) is 6.68. The first-order valence-electron chi connectivity index (χ1n) is 5.16. The van der Waals surface area contributed by atoms with Crippen LogP contribution in [0.4, 0.5) is 0 Å². The highest BCUT2D eigenvalue weighted by molar-refractivity contribution is 5.05. The molecular formula is C11H17NO2. The smallest absolute Gasteiger partial charge is 0.117 e. The van der Waals surface area contributed by atoms with Gasteiger partial charge in [-0.15, -0.1) is 0 Å². The fraction of sp³-hybridized carbons (Fsp3) is 0.636. The van der Waals surface area contributed by atoms with Gasteiger partial charge in [0.2, 0.25) is 0 Å². The van der Waals surface area contributed by atoms with E-state index in [1.54, 1.807) is 0 Å². The van der Waals surface area contributed by atoms with Crippen molar-refractivity contribution in [1.82, 2.24) is 5.32 Å². The van der Waals surface area contributed by atoms with Crippen LogP contribution in [0.5, 0.6) is 0 Å². The molecule has 3 heteroatoms. The lowest BCUT2D eigenvalue weighted by Crippen LogP contribution is -2.45. The van der Waals surface area contributed by atoms with Gasteiger partial charge in [0, 0.05) is 6.54 Å². The van der Waals surface area contributed by atoms with Gasteiger partial charge in [0.1, 0.15) is 11.5 Å². The van der Waals surface area contributed by atoms with Crippen LogP contribution in [0, 0.1) is 6.92 Å². The average Bonchev–Trinajstić information content (AvgIpc) is 2.49. The summed E-state index contributed by atoms with van der Waals surface area (Å²) in [5.41, 5.74) is -0.443. The van der Waals surface area contributed by atoms with E-state index in [9.17, 15) is 5.11 Å². The number of aryl methyl sites for hydroxylation is 1. The van der Waals surface area contributed by atoms with E-state index in [1.165, 1.54) is 0 Å². The van der Waals surface area contributed by atoms with Gasteiger partial charge in [-0.2, -0.15) is 0 Å². The predicted molar refractivity (Wildman–Crippen MR) is 54.0 cm³/mol. The standard InChI is InChI=1S/C11H17NO2/c1-9-3-4-10(14-9)7-12-8-11(13)5-2-6-11/h3-4,12-13H,2,5-8H2,1H3. The van der Waals surface area contributed by atoms with Crippen molar-refractivity contribution in [1.29, 1.82) is 0 Å². The number of furan rings is 1. The molecule has 1 aromatic rings. The molecular weight excluding hydrogens is 178 g/mol. The molecule has 3 nitrogen and oxygen atoms in total. The van der Waals surface area contributed by atoms with Gasteiger partial charge in [-0.25, -0.2) is 0 Å². The zero-order chi connectivity index (χ0) is 10.0. The highest BCUT2D eigenvalue weighted by atomic mass is 16.3. The van der Waals surface area contributed by atoms with Gasteiger partial charge in [0.05, 0.1) is 12.1 Å². The van der Waals surface area contributed by atoms with Crippen molar-refractivity contribution in [2.75, 3.05) is 6.54 Å². The van der Waals surface area contributed by atoms with Crippen LogP contribution in [-0.2, 0) is 6.54 Å². The molecule has 2 rings (SSSR count). The van der Waals surface area contributed by atoms with E-state index in [0.717, 1.165) is 30.8 Å². The number of nitrogens with one attached hydrogen (secondary N) is 1. The Kier molecular flexibility index (Phi) is 2.61. The minimum Gasteiger partial charge on any atom is -0.465 e. The maximum Gasteiger partial charge on any atom is 0.117 e. The lowest BCUT2D eigenvalue weighted by molar-refractivity contribution is -0.0317. The lowest BCUT2D eigenvalue weighted by atomic mass is 9.80. The molecule has 1 fully saturated rings. The van der Waals surface area contributed by atoms with E-state index in [0.29, 0.717) is 13.1 Å². The molecule has 0 radical (unpaired) electrons. The van der Waals surface area contributed by atoms with Gasteiger partial charge in [-0.1, -0.05) is 0 Å². The van der Waals surface area contributed by atoms with Crippen LogP contribution in [-0.4, -0.2) is 17.3 Å². The highest BCUT2D eigenvalue weighted by Gasteiger charge is 2.33. The Balaban J connectivity index is 1.72. The minimum absolute atomic E-state index is 0.443. The molecule has 0 spiro atoms. The van der Waals surface area contributed by atoms with Crippen molar-refractivity contribution in [3.05, 3.63) is 23.7 Å². The van der Waals surface area contributed by atoms with Crippen molar-refractivity contribution in [3.63, 3.8) is 0 Å². The quantitative estimate of drug-likeness (QED) is 0.767. The Morgan fingerprint density at radius 1 is 1.50 bits per heavy atom. The summed E-state index contributed by atoms with van der Waals surface area (Å²) < 4.78 is 5.41. The summed E-state index contributed by atoms with van der Waals surface area (Å²) >= 11 is 0. The Hall–Kier alpha value is -0.800. The van der Waals surface area contributed by atoms with E-state index in [2.05, 4.69) is 5.32 Å². The third-order valence-corrected chi connectivity index (χ3v) is 2.83. The molecule has 1 saturated carbocycles. The molecule has 2 N–H and O–H groups in total. The molecule has 1 aromatic heterocycles. The zero-order valence-corrected chi connectivity index (χ0v) is 8.55. The van der Waals surface area contributed by atoms with E-state index >= 15 is 0 Å². The van der Waals surface area contributed by atoms with E-state index < -0.39 is 5.60 Å². The Bertz CT molecular complexity index is 302. The molecule has 0 unspecified atom stereocenters. The average molecular weight is 195 g/mol. The monoisotopic (exact) mass is 195 g/mol. The molecule has 78 valence electrons. The zero-order valence-electron chi connectivity index (χ0n) is 8.55. The summed E-state index contributed by atoms with van der Waals surface area (Å²) in [6, 6.07) is 3.92. The van der Waals surface area contributed by atoms with Gasteiger partial charge >= 0.3 is 0 Å². The molecule has 0 aliphatic heterocycles. The largest absolute Gasteiger partial charge is 0.465 e. The summed E-state index contributed by atoms with van der Waals surface area (Å²) in [7, 11) is 0. The van der Waals surface area contributed by atoms with Crippen LogP contribution < -0.4 is 5.32 Å². The van der Waals surface area contributed by atoms with Crippen molar-refractivity contribution < 1.29 is 9.52 Å². The van der Waals surface area contributed by atoms with Crippen LogP contribution in [0.2, 0.25) is 0 Å². The van der Waals surface area contributed by atoms with Gasteiger partial charge in [0.15, 0.2) is 0 Å². The highest BCUT2D eigenvalue weighted by Crippen LogP contribution is 2.30. The first-order valence-corrected chi connectivity index (χ1v) is 5.16. The summed E-state index contributed by atoms with van der Waals surface area (Å²) in [6.45, 7) is 3.31. The summed E-state index contributed by atoms with van der Waals surface area (Å²) in [5.74, 6) is 1.87. The molecule has 0 aromatic carbocycles. The van der Waals surface area contributed by atoms with Crippen LogP contribution >= 0.6 is 0 Å². The second kappa shape index (κ2) is 3.75. The third-order valence-electron chi connectivity index (χ3n) is 2.83. The van der Waals surface area contributed by atoms with Crippen molar-refractivity contribution in [2.24, 2.45) is 0 Å². The fourth-order valence-corrected chi connectivity index (χ4v) is 1.76. The van der Waals surface area contributed by atoms with Gasteiger partial charge in [0.25, 0.3) is 0 Å². The summed E-state index contributed by atoms with van der Waals surface area (Å²) in [5, 5.41) is 13.0. The van der Waals surface area contributed by atoms with Gasteiger partial charge in [-0.3, -0.25) is 0 Å². The fourth-order valence-electron chi connectivity index (χ4n) is 1.76. The number of rotatable bonds is 4. The van der Waals surface area contributed by atoms with Crippen LogP contribution in [0.3, 0.4) is 0 Å². The maximum absolute atomic E-state index is 9.80. The van der Waals surface area contributed by atoms with E-state index in [4.69, 9.17) is 4.42 Å². The first kappa shape index (κ1) is 9.74. The molecule has 0 atom stereocenters. The summed E-state index contributed by atoms with van der Waals surface area (Å²) in [4.78, 5) is 0. The molecule has 0 saturated heterocycles. The van der Waals surface area contributed by atoms with E-state index in [1.807, 2.05) is 19.1 Å². The summed E-state index contributed by atoms with van der Waals surface area (Å²) in [6.07, 6.45) is 3.01. The van der Waals surface area contributed by atoms with Gasteiger partial charge in [-0.05, 0) is 38.3 Å². The predicted octanol–water partition coefficient (Wildman–Crippen LogP) is 1.59. The Morgan fingerprint density at radius 2 is 2.29 bits per heavy atom. The minimum atomic E-state index is -0.443. The Labute approximate surface area is 84.1 Å². The van der Waals surface area contributed by atoms with Crippen molar-refractivity contribution in [3.8, 4) is 0 Å². The van der Waals surface area contributed by atoms with Crippen LogP contribution in [0.1, 0.15) is 30.8 Å². The Morgan fingerprint density at radius 3 is 2.79 bits per heavy atom. The molecule has 14 heavy (non-hydrogen) atoms. The second-order valence-corrected chi connectivity index (χ2v) is 4.19. The number of hydrogen-bond acceptors (Lipinski definition) is 3. The van der Waals surface area contributed by atoms with E-state index in [-0.39, 0.29) is 0 Å². The number of hydrogen-bond donors (Lipinski definition) is 2. The number of aliphatic hydroxyl groups is 1. The van der Waals surface area contributed by atoms with Crippen LogP contribution in [0.25, 0.3) is 0 Å². The molecule has 1 aliphatic rings. The molecule has 1 heterocycles. The maximum atomic E-state index is 9.80. The van der Waals surface area contributed by atoms with Gasteiger partial charge < -0.3 is 14.8 Å². The van der Waals surface area contributed by atoms with Crippen molar-refractivity contribution >= 4 is 0 Å².